The third-order valence-corrected chi connectivity index (χ3v) is 13.0. The van der Waals surface area contributed by atoms with Crippen molar-refractivity contribution in [1.29, 1.82) is 0 Å². The molecule has 0 N–H and O–H groups in total. The van der Waals surface area contributed by atoms with Crippen LogP contribution in [0.15, 0.2) is 154 Å². The lowest BCUT2D eigenvalue weighted by Gasteiger charge is -2.37. The van der Waals surface area contributed by atoms with Crippen LogP contribution in [0.2, 0.25) is 0 Å². The molecule has 0 saturated heterocycles. The topological polar surface area (TPSA) is 74.3 Å². The Labute approximate surface area is 275 Å². The van der Waals surface area contributed by atoms with E-state index in [0.29, 0.717) is 12.8 Å². The van der Waals surface area contributed by atoms with Gasteiger partial charge in [0.05, 0.1) is 26.8 Å². The van der Waals surface area contributed by atoms with E-state index in [2.05, 4.69) is 140 Å². The summed E-state index contributed by atoms with van der Waals surface area (Å²) in [7, 11) is -4.47. The van der Waals surface area contributed by atoms with Crippen molar-refractivity contribution in [1.82, 2.24) is 0 Å². The number of hydrogen-bond acceptors (Lipinski definition) is 4. The van der Waals surface area contributed by atoms with Crippen LogP contribution >= 0.6 is 0 Å². The van der Waals surface area contributed by atoms with E-state index in [1.807, 2.05) is 13.8 Å². The zero-order chi connectivity index (χ0) is 32.4. The maximum absolute atomic E-state index is 11.8. The minimum Gasteiger partial charge on any atom is -0.748 e. The average Bonchev–Trinajstić information content (AvgIpc) is 3.41. The van der Waals surface area contributed by atoms with E-state index in [1.165, 1.54) is 36.9 Å². The molecule has 2 bridgehead atoms. The summed E-state index contributed by atoms with van der Waals surface area (Å²) in [6, 6.07) is 50.0. The Kier molecular flexibility index (Phi) is 9.06. The maximum atomic E-state index is 11.8. The molecule has 2 aliphatic rings. The molecular formula is C40H38O4S2. The lowest BCUT2D eigenvalue weighted by molar-refractivity contribution is -0.128. The minimum absolute atomic E-state index is 0.0248. The molecule has 0 amide bonds. The molecule has 4 nitrogen and oxygen atoms in total. The van der Waals surface area contributed by atoms with Crippen LogP contribution in [0.25, 0.3) is 22.3 Å². The molecule has 7 rings (SSSR count). The normalized spacial score (nSPS) is 19.9. The van der Waals surface area contributed by atoms with Crippen molar-refractivity contribution in [3.63, 3.8) is 0 Å². The van der Waals surface area contributed by atoms with Crippen LogP contribution in [0, 0.1) is 16.7 Å². The molecule has 0 radical (unpaired) electrons. The van der Waals surface area contributed by atoms with Crippen molar-refractivity contribution in [2.24, 2.45) is 16.7 Å². The summed E-state index contributed by atoms with van der Waals surface area (Å²) in [6.45, 7) is 3.83. The van der Waals surface area contributed by atoms with Crippen LogP contribution in [-0.2, 0) is 25.8 Å². The standard InChI is InChI=1S/C30H23S.C10H16O4S/c1-4-10-24(11-5-1)26-16-20-29(21-17-26)31(28-14-8-3-9-15-28)30-22-18-27(19-23-30)25-12-6-2-7-13-25;1-9(2)7-3-4-10(9,8(11)5-7)6-15(12,13)14/h1-23H;7H,3-6H2,1-2H3,(H,12,13,14)/q+1;/p-1. The Hall–Kier alpha value is -3.97. The molecule has 6 heteroatoms. The molecule has 0 heterocycles. The molecular weight excluding hydrogens is 609 g/mol. The molecule has 2 saturated carbocycles. The summed E-state index contributed by atoms with van der Waals surface area (Å²) in [5, 5.41) is 0. The first-order valence-corrected chi connectivity index (χ1v) is 18.4. The van der Waals surface area contributed by atoms with Gasteiger partial charge in [-0.2, -0.15) is 0 Å². The van der Waals surface area contributed by atoms with Gasteiger partial charge in [0.2, 0.25) is 0 Å². The second-order valence-electron chi connectivity index (χ2n) is 12.8. The van der Waals surface area contributed by atoms with Crippen LogP contribution in [0.1, 0.15) is 33.1 Å². The molecule has 0 aliphatic heterocycles. The molecule has 5 aromatic carbocycles. The van der Waals surface area contributed by atoms with Crippen LogP contribution in [0.4, 0.5) is 0 Å². The summed E-state index contributed by atoms with van der Waals surface area (Å²) in [5.41, 5.74) is 3.78. The number of carbonyl (C=O) groups excluding carboxylic acids is 1. The van der Waals surface area contributed by atoms with Gasteiger partial charge in [-0.3, -0.25) is 4.79 Å². The van der Waals surface area contributed by atoms with Crippen molar-refractivity contribution >= 4 is 26.8 Å². The van der Waals surface area contributed by atoms with Gasteiger partial charge in [-0.25, -0.2) is 8.42 Å². The van der Waals surface area contributed by atoms with Gasteiger partial charge in [0.1, 0.15) is 5.78 Å². The monoisotopic (exact) mass is 646 g/mol. The van der Waals surface area contributed by atoms with Gasteiger partial charge in [0, 0.05) is 11.8 Å². The van der Waals surface area contributed by atoms with E-state index in [9.17, 15) is 17.8 Å². The highest BCUT2D eigenvalue weighted by Gasteiger charge is 2.64. The fourth-order valence-electron chi connectivity index (χ4n) is 7.20. The predicted octanol–water partition coefficient (Wildman–Crippen LogP) is 9.04. The van der Waals surface area contributed by atoms with Gasteiger partial charge in [-0.05, 0) is 107 Å². The third kappa shape index (κ3) is 6.48. The zero-order valence-corrected chi connectivity index (χ0v) is 27.8. The van der Waals surface area contributed by atoms with Gasteiger partial charge in [0.25, 0.3) is 0 Å². The van der Waals surface area contributed by atoms with E-state index in [-0.39, 0.29) is 28.0 Å². The van der Waals surface area contributed by atoms with Crippen molar-refractivity contribution in [3.05, 3.63) is 140 Å². The molecule has 0 spiro atoms. The third-order valence-electron chi connectivity index (χ3n) is 9.94. The molecule has 46 heavy (non-hydrogen) atoms. The molecule has 2 aliphatic carbocycles. The Morgan fingerprint density at radius 1 is 0.630 bits per heavy atom. The number of fused-ring (bicyclic) bond motifs is 2. The first-order valence-electron chi connectivity index (χ1n) is 15.6. The lowest BCUT2D eigenvalue weighted by Crippen LogP contribution is -2.42. The number of carbonyl (C=O) groups is 1. The number of benzene rings is 5. The highest BCUT2D eigenvalue weighted by molar-refractivity contribution is 7.97. The summed E-state index contributed by atoms with van der Waals surface area (Å²) in [5.74, 6) is -0.280. The Balaban J connectivity index is 0.000000208. The fraction of sp³-hybridized carbons (Fsp3) is 0.225. The zero-order valence-electron chi connectivity index (χ0n) is 26.1. The minimum atomic E-state index is -4.33. The van der Waals surface area contributed by atoms with E-state index in [0.717, 1.165) is 6.42 Å². The summed E-state index contributed by atoms with van der Waals surface area (Å²) >= 11 is 0. The number of ketones is 1. The lowest BCUT2D eigenvalue weighted by atomic mass is 9.70. The smallest absolute Gasteiger partial charge is 0.166 e. The number of Topliss-reactive ketones (excluding diaryl/α,β-unsaturated/α-hetero) is 1. The summed E-state index contributed by atoms with van der Waals surface area (Å²) < 4.78 is 32.7. The first kappa shape index (κ1) is 32.0. The van der Waals surface area contributed by atoms with Crippen molar-refractivity contribution in [2.75, 3.05) is 5.75 Å². The van der Waals surface area contributed by atoms with Gasteiger partial charge < -0.3 is 4.55 Å². The van der Waals surface area contributed by atoms with E-state index < -0.39 is 21.3 Å². The molecule has 2 unspecified atom stereocenters. The van der Waals surface area contributed by atoms with Crippen molar-refractivity contribution < 1.29 is 17.8 Å². The maximum Gasteiger partial charge on any atom is 0.166 e. The second kappa shape index (κ2) is 13.0. The van der Waals surface area contributed by atoms with Crippen molar-refractivity contribution in [3.8, 4) is 22.3 Å². The molecule has 2 fully saturated rings. The van der Waals surface area contributed by atoms with Gasteiger partial charge in [0.15, 0.2) is 14.7 Å². The summed E-state index contributed by atoms with van der Waals surface area (Å²) in [6.07, 6.45) is 1.88. The Morgan fingerprint density at radius 2 is 1.02 bits per heavy atom. The van der Waals surface area contributed by atoms with Crippen LogP contribution in [0.5, 0.6) is 0 Å². The predicted molar refractivity (Wildman–Crippen MR) is 185 cm³/mol. The largest absolute Gasteiger partial charge is 0.748 e. The Morgan fingerprint density at radius 3 is 1.39 bits per heavy atom. The van der Waals surface area contributed by atoms with Gasteiger partial charge in [-0.15, -0.1) is 0 Å². The quantitative estimate of drug-likeness (QED) is 0.131. The van der Waals surface area contributed by atoms with Gasteiger partial charge in [-0.1, -0.05) is 92.7 Å². The summed E-state index contributed by atoms with van der Waals surface area (Å²) in [4.78, 5) is 15.8. The van der Waals surface area contributed by atoms with Crippen LogP contribution in [-0.4, -0.2) is 24.5 Å². The van der Waals surface area contributed by atoms with E-state index in [1.54, 1.807) is 0 Å². The number of rotatable bonds is 7. The van der Waals surface area contributed by atoms with Gasteiger partial charge >= 0.3 is 0 Å². The highest BCUT2D eigenvalue weighted by atomic mass is 32.2. The van der Waals surface area contributed by atoms with Crippen LogP contribution in [0.3, 0.4) is 0 Å². The van der Waals surface area contributed by atoms with Crippen molar-refractivity contribution in [2.45, 2.75) is 47.8 Å². The second-order valence-corrected chi connectivity index (χ2v) is 16.2. The fourth-order valence-corrected chi connectivity index (χ4v) is 10.5. The Bertz CT molecular complexity index is 1810. The molecule has 5 aromatic rings. The number of hydrogen-bond donors (Lipinski definition) is 0. The first-order chi connectivity index (χ1) is 22.1. The molecule has 234 valence electrons. The van der Waals surface area contributed by atoms with E-state index in [4.69, 9.17) is 0 Å². The van der Waals surface area contributed by atoms with E-state index >= 15 is 0 Å². The molecule has 0 aromatic heterocycles. The average molecular weight is 647 g/mol. The highest BCUT2D eigenvalue weighted by Crippen LogP contribution is 2.64. The molecule has 2 atom stereocenters. The SMILES string of the molecule is CC1(C)C2CCC1(CS(=O)(=O)[O-])C(=O)C2.c1ccc(-c2ccc([S+](c3ccccc3)c3ccc(-c4ccccc4)cc3)cc2)cc1. The van der Waals surface area contributed by atoms with Crippen LogP contribution < -0.4 is 0 Å².